The highest BCUT2D eigenvalue weighted by molar-refractivity contribution is 7.98. The van der Waals surface area contributed by atoms with Gasteiger partial charge in [0, 0.05) is 12.1 Å². The lowest BCUT2D eigenvalue weighted by molar-refractivity contribution is -0.120. The molecule has 1 aromatic rings. The molecule has 0 fully saturated rings. The molecule has 102 valence electrons. The number of aromatic nitrogens is 2. The lowest BCUT2D eigenvalue weighted by Gasteiger charge is -2.28. The lowest BCUT2D eigenvalue weighted by atomic mass is 10.3. The fourth-order valence-corrected chi connectivity index (χ4v) is 1.77. The van der Waals surface area contributed by atoms with Crippen molar-refractivity contribution in [2.24, 2.45) is 0 Å². The van der Waals surface area contributed by atoms with Gasteiger partial charge in [0.2, 0.25) is 0 Å². The molecule has 0 amide bonds. The Balaban J connectivity index is 3.09. The summed E-state index contributed by atoms with van der Waals surface area (Å²) < 4.78 is 37.5. The van der Waals surface area contributed by atoms with E-state index in [0.717, 1.165) is 4.90 Å². The number of alkyl halides is 3. The molecule has 8 heteroatoms. The highest BCUT2D eigenvalue weighted by atomic mass is 32.2. The topological polar surface area (TPSA) is 55.0 Å². The Morgan fingerprint density at radius 2 is 2.00 bits per heavy atom. The van der Waals surface area contributed by atoms with Crippen LogP contribution >= 0.6 is 11.8 Å². The average Bonchev–Trinajstić information content (AvgIpc) is 2.23. The van der Waals surface area contributed by atoms with Crippen LogP contribution in [0.2, 0.25) is 0 Å². The smallest absolute Gasteiger partial charge is 0.383 e. The summed E-state index contributed by atoms with van der Waals surface area (Å²) in [5, 5.41) is 0.359. The van der Waals surface area contributed by atoms with Crippen molar-refractivity contribution in [1.29, 1.82) is 0 Å². The van der Waals surface area contributed by atoms with Gasteiger partial charge in [-0.05, 0) is 20.1 Å². The van der Waals surface area contributed by atoms with E-state index in [1.165, 1.54) is 17.8 Å². The highest BCUT2D eigenvalue weighted by Gasteiger charge is 2.32. The maximum atomic E-state index is 12.5. The van der Waals surface area contributed by atoms with Crippen molar-refractivity contribution < 1.29 is 13.2 Å². The van der Waals surface area contributed by atoms with Crippen LogP contribution in [0, 0.1) is 0 Å². The molecule has 0 aliphatic rings. The molecular weight excluding hydrogens is 265 g/mol. The zero-order valence-electron chi connectivity index (χ0n) is 10.3. The van der Waals surface area contributed by atoms with Crippen LogP contribution < -0.4 is 10.6 Å². The van der Waals surface area contributed by atoms with Gasteiger partial charge in [0.15, 0.2) is 5.16 Å². The van der Waals surface area contributed by atoms with E-state index < -0.39 is 12.7 Å². The fourth-order valence-electron chi connectivity index (χ4n) is 1.39. The molecule has 0 atom stereocenters. The number of rotatable bonds is 4. The van der Waals surface area contributed by atoms with Crippen LogP contribution in [0.5, 0.6) is 0 Å². The zero-order valence-corrected chi connectivity index (χ0v) is 11.1. The Hall–Kier alpha value is -1.18. The Morgan fingerprint density at radius 3 is 2.44 bits per heavy atom. The number of hydrogen-bond donors (Lipinski definition) is 1. The monoisotopic (exact) mass is 280 g/mol. The van der Waals surface area contributed by atoms with Gasteiger partial charge in [-0.15, -0.1) is 0 Å². The minimum absolute atomic E-state index is 0.164. The second-order valence-electron chi connectivity index (χ2n) is 3.97. The van der Waals surface area contributed by atoms with E-state index in [-0.39, 0.29) is 17.7 Å². The number of nitrogens with zero attached hydrogens (tertiary/aromatic N) is 3. The third-order valence-electron chi connectivity index (χ3n) is 2.16. The summed E-state index contributed by atoms with van der Waals surface area (Å²) in [4.78, 5) is 9.12. The Labute approximate surface area is 108 Å². The molecule has 1 aromatic heterocycles. The van der Waals surface area contributed by atoms with Gasteiger partial charge in [0.05, 0.1) is 0 Å². The minimum Gasteiger partial charge on any atom is -0.383 e. The normalized spacial score (nSPS) is 11.9. The molecule has 0 aliphatic heterocycles. The first-order chi connectivity index (χ1) is 8.23. The fraction of sp³-hybridized carbons (Fsp3) is 0.600. The molecule has 18 heavy (non-hydrogen) atoms. The predicted molar refractivity (Wildman–Crippen MR) is 66.8 cm³/mol. The van der Waals surface area contributed by atoms with Crippen LogP contribution in [0.1, 0.15) is 13.8 Å². The van der Waals surface area contributed by atoms with Crippen molar-refractivity contribution >= 4 is 23.4 Å². The molecule has 1 rings (SSSR count). The molecule has 4 nitrogen and oxygen atoms in total. The van der Waals surface area contributed by atoms with Crippen molar-refractivity contribution in [3.8, 4) is 0 Å². The summed E-state index contributed by atoms with van der Waals surface area (Å²) in [6.45, 7) is 2.28. The molecule has 1 heterocycles. The standard InChI is InChI=1S/C10H15F3N4S/c1-6(2)17(5-10(11,12)13)8-4-7(14)15-9(16-8)18-3/h4,6H,5H2,1-3H3,(H2,14,15,16). The Bertz CT molecular complexity index is 409. The number of hydrogen-bond acceptors (Lipinski definition) is 5. The largest absolute Gasteiger partial charge is 0.405 e. The molecule has 0 radical (unpaired) electrons. The Kier molecular flexibility index (Phi) is 4.66. The van der Waals surface area contributed by atoms with Crippen molar-refractivity contribution in [1.82, 2.24) is 9.97 Å². The summed E-state index contributed by atoms with van der Waals surface area (Å²) in [6.07, 6.45) is -2.55. The van der Waals surface area contributed by atoms with E-state index in [1.807, 2.05) is 0 Å². The summed E-state index contributed by atoms with van der Waals surface area (Å²) in [7, 11) is 0. The number of thioether (sulfide) groups is 1. The van der Waals surface area contributed by atoms with E-state index in [1.54, 1.807) is 20.1 Å². The van der Waals surface area contributed by atoms with E-state index >= 15 is 0 Å². The molecule has 0 bridgehead atoms. The van der Waals surface area contributed by atoms with Crippen LogP contribution in [0.4, 0.5) is 24.8 Å². The van der Waals surface area contributed by atoms with Crippen molar-refractivity contribution in [3.05, 3.63) is 6.07 Å². The maximum Gasteiger partial charge on any atom is 0.405 e. The number of anilines is 2. The maximum absolute atomic E-state index is 12.5. The third-order valence-corrected chi connectivity index (χ3v) is 2.71. The zero-order chi connectivity index (χ0) is 13.9. The first-order valence-electron chi connectivity index (χ1n) is 5.25. The van der Waals surface area contributed by atoms with E-state index in [4.69, 9.17) is 5.73 Å². The molecule has 0 aromatic carbocycles. The molecule has 2 N–H and O–H groups in total. The molecular formula is C10H15F3N4S. The van der Waals surface area contributed by atoms with Crippen LogP contribution in [0.15, 0.2) is 11.2 Å². The molecule has 0 aliphatic carbocycles. The quantitative estimate of drug-likeness (QED) is 0.678. The predicted octanol–water partition coefficient (Wildman–Crippen LogP) is 2.56. The number of nitrogen functional groups attached to an aromatic ring is 1. The second-order valence-corrected chi connectivity index (χ2v) is 4.75. The van der Waals surface area contributed by atoms with Gasteiger partial charge in [0.25, 0.3) is 0 Å². The van der Waals surface area contributed by atoms with Gasteiger partial charge in [0.1, 0.15) is 18.2 Å². The van der Waals surface area contributed by atoms with E-state index in [2.05, 4.69) is 9.97 Å². The molecule has 0 unspecified atom stereocenters. The minimum atomic E-state index is -4.29. The first-order valence-corrected chi connectivity index (χ1v) is 6.47. The molecule has 0 saturated carbocycles. The lowest BCUT2D eigenvalue weighted by Crippen LogP contribution is -2.39. The van der Waals surface area contributed by atoms with Crippen LogP contribution in [-0.2, 0) is 0 Å². The Morgan fingerprint density at radius 1 is 1.39 bits per heavy atom. The highest BCUT2D eigenvalue weighted by Crippen LogP contribution is 2.25. The number of halogens is 3. The van der Waals surface area contributed by atoms with Crippen LogP contribution in [0.25, 0.3) is 0 Å². The van der Waals surface area contributed by atoms with E-state index in [0.29, 0.717) is 5.16 Å². The van der Waals surface area contributed by atoms with Crippen molar-refractivity contribution in [3.63, 3.8) is 0 Å². The summed E-state index contributed by atoms with van der Waals surface area (Å²) in [6, 6.07) is 1.02. The van der Waals surface area contributed by atoms with Crippen molar-refractivity contribution in [2.75, 3.05) is 23.4 Å². The summed E-state index contributed by atoms with van der Waals surface area (Å²) in [5.74, 6) is 0.358. The first kappa shape index (κ1) is 14.9. The van der Waals surface area contributed by atoms with E-state index in [9.17, 15) is 13.2 Å². The SMILES string of the molecule is CSc1nc(N)cc(N(CC(F)(F)F)C(C)C)n1. The van der Waals surface area contributed by atoms with Gasteiger partial charge in [-0.25, -0.2) is 9.97 Å². The average molecular weight is 280 g/mol. The molecule has 0 spiro atoms. The van der Waals surface area contributed by atoms with Gasteiger partial charge < -0.3 is 10.6 Å². The summed E-state index contributed by atoms with van der Waals surface area (Å²) >= 11 is 1.23. The van der Waals surface area contributed by atoms with Gasteiger partial charge in [-0.1, -0.05) is 11.8 Å². The van der Waals surface area contributed by atoms with Gasteiger partial charge in [-0.2, -0.15) is 13.2 Å². The third kappa shape index (κ3) is 4.25. The van der Waals surface area contributed by atoms with Gasteiger partial charge >= 0.3 is 6.18 Å². The van der Waals surface area contributed by atoms with Gasteiger partial charge in [-0.3, -0.25) is 0 Å². The summed E-state index contributed by atoms with van der Waals surface area (Å²) in [5.41, 5.74) is 5.56. The van der Waals surface area contributed by atoms with Crippen molar-refractivity contribution in [2.45, 2.75) is 31.2 Å². The molecule has 0 saturated heterocycles. The van der Waals surface area contributed by atoms with Crippen LogP contribution in [-0.4, -0.2) is 35.0 Å². The van der Waals surface area contributed by atoms with Crippen LogP contribution in [0.3, 0.4) is 0 Å². The second kappa shape index (κ2) is 5.64. The number of nitrogens with two attached hydrogens (primary N) is 1.